The van der Waals surface area contributed by atoms with Gasteiger partial charge in [0.05, 0.1) is 12.1 Å². The molecule has 1 aliphatic rings. The highest BCUT2D eigenvalue weighted by molar-refractivity contribution is 6.12. The highest BCUT2D eigenvalue weighted by Gasteiger charge is 2.50. The molecule has 2 heterocycles. The summed E-state index contributed by atoms with van der Waals surface area (Å²) >= 11 is 0. The molecule has 1 aromatic carbocycles. The first kappa shape index (κ1) is 26.2. The van der Waals surface area contributed by atoms with Crippen molar-refractivity contribution in [3.63, 3.8) is 0 Å². The molecule has 35 heavy (non-hydrogen) atoms. The zero-order valence-electron chi connectivity index (χ0n) is 19.1. The van der Waals surface area contributed by atoms with Crippen LogP contribution >= 0.6 is 0 Å². The Labute approximate surface area is 198 Å². The molecule has 0 unspecified atom stereocenters. The summed E-state index contributed by atoms with van der Waals surface area (Å²) in [5, 5.41) is 5.80. The summed E-state index contributed by atoms with van der Waals surface area (Å²) in [6.07, 6.45) is -4.63. The summed E-state index contributed by atoms with van der Waals surface area (Å²) in [5.41, 5.74) is -0.592. The molecule has 0 aliphatic carbocycles. The Morgan fingerprint density at radius 1 is 1.14 bits per heavy atom. The number of ether oxygens (including phenoxy) is 1. The van der Waals surface area contributed by atoms with Gasteiger partial charge in [0.1, 0.15) is 12.4 Å². The second-order valence-electron chi connectivity index (χ2n) is 8.64. The van der Waals surface area contributed by atoms with E-state index in [-0.39, 0.29) is 6.42 Å². The lowest BCUT2D eigenvalue weighted by Gasteiger charge is -2.30. The highest BCUT2D eigenvalue weighted by Crippen LogP contribution is 2.37. The third kappa shape index (κ3) is 6.01. The van der Waals surface area contributed by atoms with Crippen molar-refractivity contribution in [1.82, 2.24) is 4.98 Å². The minimum atomic E-state index is -4.76. The van der Waals surface area contributed by atoms with E-state index < -0.39 is 67.3 Å². The molecule has 2 aromatic rings. The number of hydrogen-bond acceptors (Lipinski definition) is 7. The van der Waals surface area contributed by atoms with Gasteiger partial charge in [-0.05, 0) is 11.5 Å². The van der Waals surface area contributed by atoms with Gasteiger partial charge in [-0.1, -0.05) is 43.3 Å². The molecule has 188 valence electrons. The maximum Gasteiger partial charge on any atom is 0.422 e. The van der Waals surface area contributed by atoms with Crippen molar-refractivity contribution in [1.29, 1.82) is 0 Å². The fourth-order valence-electron chi connectivity index (χ4n) is 3.94. The topological polar surface area (TPSA) is 94.9 Å². The molecule has 0 bridgehead atoms. The maximum atomic E-state index is 13.4. The van der Waals surface area contributed by atoms with Crippen LogP contribution < -0.4 is 0 Å². The van der Waals surface area contributed by atoms with Crippen LogP contribution in [0.15, 0.2) is 41.7 Å². The molecule has 7 nitrogen and oxygen atoms in total. The minimum absolute atomic E-state index is 0.0135. The molecule has 0 N–H and O–H groups in total. The highest BCUT2D eigenvalue weighted by atomic mass is 19.4. The number of hydrogen-bond donors (Lipinski definition) is 0. The van der Waals surface area contributed by atoms with E-state index in [9.17, 15) is 31.9 Å². The van der Waals surface area contributed by atoms with Crippen molar-refractivity contribution in [2.24, 2.45) is 17.0 Å². The van der Waals surface area contributed by atoms with Crippen molar-refractivity contribution >= 4 is 34.0 Å². The van der Waals surface area contributed by atoms with Gasteiger partial charge in [0.2, 0.25) is 5.60 Å². The van der Waals surface area contributed by atoms with E-state index in [0.29, 0.717) is 11.4 Å². The van der Waals surface area contributed by atoms with E-state index in [4.69, 9.17) is 4.84 Å². The molecule has 3 rings (SSSR count). The molecule has 0 radical (unpaired) electrons. The number of Topliss-reactive ketones (excluding diaryl/α,β-unsaturated/α-hetero) is 2. The lowest BCUT2D eigenvalue weighted by atomic mass is 9.77. The van der Waals surface area contributed by atoms with Crippen molar-refractivity contribution in [2.75, 3.05) is 13.3 Å². The van der Waals surface area contributed by atoms with Crippen molar-refractivity contribution in [3.8, 4) is 0 Å². The van der Waals surface area contributed by atoms with E-state index in [0.717, 1.165) is 10.8 Å². The second kappa shape index (κ2) is 10.5. The molecule has 0 amide bonds. The Bertz CT molecular complexity index is 1140. The molecule has 0 fully saturated rings. The van der Waals surface area contributed by atoms with Crippen LogP contribution in [-0.2, 0) is 24.0 Å². The Hall–Kier alpha value is -3.37. The Kier molecular flexibility index (Phi) is 7.86. The zero-order valence-corrected chi connectivity index (χ0v) is 19.1. The number of aromatic nitrogens is 1. The zero-order chi connectivity index (χ0) is 25.8. The number of carbonyl (C=O) groups is 3. The van der Waals surface area contributed by atoms with Crippen molar-refractivity contribution < 1.29 is 41.5 Å². The van der Waals surface area contributed by atoms with E-state index in [1.165, 1.54) is 0 Å². The Morgan fingerprint density at radius 2 is 1.86 bits per heavy atom. The molecule has 1 aliphatic heterocycles. The first-order chi connectivity index (χ1) is 16.5. The molecular weight excluding hydrogens is 472 g/mol. The van der Waals surface area contributed by atoms with Crippen molar-refractivity contribution in [2.45, 2.75) is 44.9 Å². The van der Waals surface area contributed by atoms with Crippen LogP contribution in [0.5, 0.6) is 0 Å². The number of esters is 1. The van der Waals surface area contributed by atoms with Crippen LogP contribution in [0.4, 0.5) is 17.6 Å². The van der Waals surface area contributed by atoms with Gasteiger partial charge in [-0.15, -0.1) is 0 Å². The number of nitrogens with zero attached hydrogens (tertiary/aromatic N) is 2. The van der Waals surface area contributed by atoms with Gasteiger partial charge in [-0.25, -0.2) is 4.39 Å². The lowest BCUT2D eigenvalue weighted by molar-refractivity contribution is -0.187. The number of fused-ring (bicyclic) bond motifs is 1. The number of pyridine rings is 1. The summed E-state index contributed by atoms with van der Waals surface area (Å²) in [7, 11) is 0. The lowest BCUT2D eigenvalue weighted by Crippen LogP contribution is -2.45. The molecule has 11 heteroatoms. The van der Waals surface area contributed by atoms with Crippen LogP contribution in [0, 0.1) is 11.8 Å². The number of benzene rings is 1. The molecule has 0 saturated carbocycles. The van der Waals surface area contributed by atoms with Crippen LogP contribution in [0.2, 0.25) is 0 Å². The number of oxime groups is 1. The number of rotatable bonds is 10. The van der Waals surface area contributed by atoms with Gasteiger partial charge >= 0.3 is 12.1 Å². The van der Waals surface area contributed by atoms with Gasteiger partial charge in [0, 0.05) is 36.3 Å². The largest absolute Gasteiger partial charge is 0.456 e. The number of halogens is 4. The second-order valence-corrected chi connectivity index (χ2v) is 8.64. The summed E-state index contributed by atoms with van der Waals surface area (Å²) in [6.45, 7) is 0.0826. The third-order valence-electron chi connectivity index (χ3n) is 5.93. The Morgan fingerprint density at radius 3 is 2.51 bits per heavy atom. The minimum Gasteiger partial charge on any atom is -0.456 e. The summed E-state index contributed by atoms with van der Waals surface area (Å²) < 4.78 is 54.2. The van der Waals surface area contributed by atoms with Gasteiger partial charge in [-0.3, -0.25) is 19.4 Å². The molecule has 1 aromatic heterocycles. The van der Waals surface area contributed by atoms with Crippen LogP contribution in [0.1, 0.15) is 38.8 Å². The smallest absolute Gasteiger partial charge is 0.422 e. The van der Waals surface area contributed by atoms with Gasteiger partial charge in [0.25, 0.3) is 0 Å². The average Bonchev–Trinajstić information content (AvgIpc) is 3.28. The third-order valence-corrected chi connectivity index (χ3v) is 5.93. The first-order valence-corrected chi connectivity index (χ1v) is 10.9. The SMILES string of the molecule is CC(C)[C@@]1(C(=O)C[C@@H](CC(=O)OCC(F)(F)F)C(=O)CF)CC(c2nccc3ccccc23)=NO1. The fourth-order valence-corrected chi connectivity index (χ4v) is 3.94. The predicted molar refractivity (Wildman–Crippen MR) is 117 cm³/mol. The summed E-state index contributed by atoms with van der Waals surface area (Å²) in [4.78, 5) is 47.2. The van der Waals surface area contributed by atoms with Crippen LogP contribution in [-0.4, -0.2) is 53.3 Å². The van der Waals surface area contributed by atoms with Crippen LogP contribution in [0.25, 0.3) is 10.8 Å². The van der Waals surface area contributed by atoms with Gasteiger partial charge < -0.3 is 9.57 Å². The van der Waals surface area contributed by atoms with E-state index in [2.05, 4.69) is 14.9 Å². The van der Waals surface area contributed by atoms with Crippen LogP contribution in [0.3, 0.4) is 0 Å². The molecule has 2 atom stereocenters. The number of carbonyl (C=O) groups excluding carboxylic acids is 3. The van der Waals surface area contributed by atoms with E-state index in [1.54, 1.807) is 20.0 Å². The van der Waals surface area contributed by atoms with E-state index in [1.807, 2.05) is 30.3 Å². The quantitative estimate of drug-likeness (QED) is 0.358. The molecule has 0 spiro atoms. The fraction of sp³-hybridized carbons (Fsp3) is 0.458. The maximum absolute atomic E-state index is 13.4. The Balaban J connectivity index is 1.79. The molecule has 0 saturated heterocycles. The predicted octanol–water partition coefficient (Wildman–Crippen LogP) is 4.36. The first-order valence-electron chi connectivity index (χ1n) is 10.9. The monoisotopic (exact) mass is 496 g/mol. The normalized spacial score (nSPS) is 18.8. The van der Waals surface area contributed by atoms with Gasteiger partial charge in [-0.2, -0.15) is 13.2 Å². The summed E-state index contributed by atoms with van der Waals surface area (Å²) in [6, 6.07) is 9.25. The standard InChI is InChI=1S/C24H24F4N2O5/c1-14(2)23(11-18(30-35-23)22-17-6-4-3-5-15(17)7-8-29-22)20(32)9-16(19(31)12-25)10-21(33)34-13-24(26,27)28/h3-8,14,16H,9-13H2,1-2H3/t16-,23+/m0/s1. The number of ketones is 2. The van der Waals surface area contributed by atoms with Gasteiger partial charge in [0.15, 0.2) is 18.2 Å². The summed E-state index contributed by atoms with van der Waals surface area (Å²) in [5.74, 6) is -5.00. The average molecular weight is 496 g/mol. The van der Waals surface area contributed by atoms with Crippen molar-refractivity contribution in [3.05, 3.63) is 42.2 Å². The molecular formula is C24H24F4N2O5. The van der Waals surface area contributed by atoms with E-state index >= 15 is 0 Å². The number of alkyl halides is 4.